The van der Waals surface area contributed by atoms with E-state index in [-0.39, 0.29) is 0 Å². The number of aryl methyl sites for hydroxylation is 1. The van der Waals surface area contributed by atoms with E-state index in [2.05, 4.69) is 22.2 Å². The first-order chi connectivity index (χ1) is 8.83. The Morgan fingerprint density at radius 2 is 2.39 bits per heavy atom. The van der Waals surface area contributed by atoms with Crippen LogP contribution in [0.4, 0.5) is 0 Å². The third kappa shape index (κ3) is 3.50. The van der Waals surface area contributed by atoms with Crippen LogP contribution in [0.5, 0.6) is 0 Å². The van der Waals surface area contributed by atoms with Crippen molar-refractivity contribution in [2.45, 2.75) is 39.2 Å². The first kappa shape index (κ1) is 13.4. The maximum atomic E-state index is 5.48. The SMILES string of the molecule is CCCOCc1ncc2c(n1)CCC(CNC)C2. The second kappa shape index (κ2) is 6.81. The summed E-state index contributed by atoms with van der Waals surface area (Å²) in [5, 5.41) is 3.25. The summed E-state index contributed by atoms with van der Waals surface area (Å²) in [6.07, 6.45) is 6.43. The summed E-state index contributed by atoms with van der Waals surface area (Å²) in [6, 6.07) is 0. The third-order valence-electron chi connectivity index (χ3n) is 3.37. The van der Waals surface area contributed by atoms with Crippen LogP contribution in [-0.4, -0.2) is 30.2 Å². The number of ether oxygens (including phenoxy) is 1. The Hall–Kier alpha value is -1.00. The molecule has 0 spiro atoms. The number of nitrogens with one attached hydrogen (secondary N) is 1. The van der Waals surface area contributed by atoms with Gasteiger partial charge in [0.25, 0.3) is 0 Å². The summed E-state index contributed by atoms with van der Waals surface area (Å²) in [6.45, 7) is 4.52. The van der Waals surface area contributed by atoms with Gasteiger partial charge in [-0.3, -0.25) is 0 Å². The molecular formula is C14H23N3O. The van der Waals surface area contributed by atoms with E-state index in [1.54, 1.807) is 0 Å². The number of rotatable bonds is 6. The van der Waals surface area contributed by atoms with Crippen molar-refractivity contribution < 1.29 is 4.74 Å². The van der Waals surface area contributed by atoms with E-state index in [1.807, 2.05) is 13.2 Å². The number of hydrogen-bond acceptors (Lipinski definition) is 4. The minimum Gasteiger partial charge on any atom is -0.373 e. The second-order valence-corrected chi connectivity index (χ2v) is 4.98. The van der Waals surface area contributed by atoms with Crippen LogP contribution < -0.4 is 5.32 Å². The van der Waals surface area contributed by atoms with E-state index in [0.717, 1.165) is 44.2 Å². The summed E-state index contributed by atoms with van der Waals surface area (Å²) in [5.74, 6) is 1.56. The molecule has 1 aliphatic rings. The fourth-order valence-corrected chi connectivity index (χ4v) is 2.46. The minimum absolute atomic E-state index is 0.543. The highest BCUT2D eigenvalue weighted by molar-refractivity contribution is 5.21. The van der Waals surface area contributed by atoms with Crippen molar-refractivity contribution in [2.24, 2.45) is 5.92 Å². The molecule has 0 amide bonds. The average Bonchev–Trinajstić information content (AvgIpc) is 2.39. The summed E-state index contributed by atoms with van der Waals surface area (Å²) < 4.78 is 5.48. The lowest BCUT2D eigenvalue weighted by Gasteiger charge is -2.23. The molecule has 0 saturated carbocycles. The van der Waals surface area contributed by atoms with Gasteiger partial charge in [0.15, 0.2) is 5.82 Å². The molecule has 0 aliphatic heterocycles. The molecule has 0 radical (unpaired) electrons. The number of fused-ring (bicyclic) bond motifs is 1. The number of hydrogen-bond donors (Lipinski definition) is 1. The molecule has 100 valence electrons. The molecule has 1 aromatic rings. The van der Waals surface area contributed by atoms with Crippen LogP contribution >= 0.6 is 0 Å². The lowest BCUT2D eigenvalue weighted by molar-refractivity contribution is 0.115. The second-order valence-electron chi connectivity index (χ2n) is 4.98. The maximum absolute atomic E-state index is 5.48. The quantitative estimate of drug-likeness (QED) is 0.780. The van der Waals surface area contributed by atoms with Gasteiger partial charge in [0.1, 0.15) is 6.61 Å². The van der Waals surface area contributed by atoms with Gasteiger partial charge in [0.05, 0.1) is 0 Å². The first-order valence-electron chi connectivity index (χ1n) is 6.89. The van der Waals surface area contributed by atoms with E-state index < -0.39 is 0 Å². The van der Waals surface area contributed by atoms with Crippen molar-refractivity contribution in [3.05, 3.63) is 23.3 Å². The van der Waals surface area contributed by atoms with Gasteiger partial charge in [-0.05, 0) is 50.8 Å². The van der Waals surface area contributed by atoms with Gasteiger partial charge in [0.2, 0.25) is 0 Å². The van der Waals surface area contributed by atoms with Crippen molar-refractivity contribution in [1.82, 2.24) is 15.3 Å². The predicted molar refractivity (Wildman–Crippen MR) is 71.4 cm³/mol. The van der Waals surface area contributed by atoms with E-state index >= 15 is 0 Å². The van der Waals surface area contributed by atoms with E-state index in [1.165, 1.54) is 17.7 Å². The summed E-state index contributed by atoms with van der Waals surface area (Å²) >= 11 is 0. The Morgan fingerprint density at radius 3 is 3.17 bits per heavy atom. The fourth-order valence-electron chi connectivity index (χ4n) is 2.46. The standard InChI is InChI=1S/C14H23N3O/c1-3-6-18-10-14-16-9-12-7-11(8-15-2)4-5-13(12)17-14/h9,11,15H,3-8,10H2,1-2H3. The maximum Gasteiger partial charge on any atom is 0.154 e. The third-order valence-corrected chi connectivity index (χ3v) is 3.37. The van der Waals surface area contributed by atoms with Crippen molar-refractivity contribution in [2.75, 3.05) is 20.2 Å². The minimum atomic E-state index is 0.543. The van der Waals surface area contributed by atoms with Gasteiger partial charge < -0.3 is 10.1 Å². The van der Waals surface area contributed by atoms with Gasteiger partial charge in [-0.1, -0.05) is 6.92 Å². The summed E-state index contributed by atoms with van der Waals surface area (Å²) in [5.41, 5.74) is 2.55. The number of aromatic nitrogens is 2. The Morgan fingerprint density at radius 1 is 1.50 bits per heavy atom. The molecule has 18 heavy (non-hydrogen) atoms. The molecule has 0 aromatic carbocycles. The summed E-state index contributed by atoms with van der Waals surface area (Å²) in [7, 11) is 2.01. The predicted octanol–water partition coefficient (Wildman–Crippen LogP) is 1.73. The monoisotopic (exact) mass is 249 g/mol. The highest BCUT2D eigenvalue weighted by Gasteiger charge is 2.19. The lowest BCUT2D eigenvalue weighted by atomic mass is 9.87. The van der Waals surface area contributed by atoms with Crippen LogP contribution in [0.1, 0.15) is 36.8 Å². The molecule has 2 rings (SSSR count). The van der Waals surface area contributed by atoms with E-state index in [0.29, 0.717) is 6.61 Å². The molecule has 1 atom stereocenters. The zero-order valence-corrected chi connectivity index (χ0v) is 11.4. The molecule has 1 N–H and O–H groups in total. The molecule has 4 heteroatoms. The van der Waals surface area contributed by atoms with Crippen molar-refractivity contribution in [1.29, 1.82) is 0 Å². The Bertz CT molecular complexity index is 381. The number of nitrogens with zero attached hydrogens (tertiary/aromatic N) is 2. The average molecular weight is 249 g/mol. The van der Waals surface area contributed by atoms with Crippen LogP contribution in [0.25, 0.3) is 0 Å². The Balaban J connectivity index is 1.96. The van der Waals surface area contributed by atoms with Gasteiger partial charge in [-0.2, -0.15) is 0 Å². The van der Waals surface area contributed by atoms with Crippen molar-refractivity contribution >= 4 is 0 Å². The molecule has 0 bridgehead atoms. The lowest BCUT2D eigenvalue weighted by Crippen LogP contribution is -2.25. The zero-order valence-electron chi connectivity index (χ0n) is 11.4. The van der Waals surface area contributed by atoms with Gasteiger partial charge >= 0.3 is 0 Å². The molecule has 0 saturated heterocycles. The van der Waals surface area contributed by atoms with Crippen LogP contribution in [0.2, 0.25) is 0 Å². The largest absolute Gasteiger partial charge is 0.373 e. The molecule has 4 nitrogen and oxygen atoms in total. The Labute approximate surface area is 109 Å². The zero-order chi connectivity index (χ0) is 12.8. The van der Waals surface area contributed by atoms with Gasteiger partial charge in [-0.15, -0.1) is 0 Å². The van der Waals surface area contributed by atoms with E-state index in [4.69, 9.17) is 4.74 Å². The fraction of sp³-hybridized carbons (Fsp3) is 0.714. The first-order valence-corrected chi connectivity index (χ1v) is 6.89. The van der Waals surface area contributed by atoms with Crippen LogP contribution in [0, 0.1) is 5.92 Å². The van der Waals surface area contributed by atoms with Gasteiger partial charge in [0, 0.05) is 18.5 Å². The normalized spacial score (nSPS) is 18.7. The molecule has 0 fully saturated rings. The van der Waals surface area contributed by atoms with Crippen molar-refractivity contribution in [3.8, 4) is 0 Å². The smallest absolute Gasteiger partial charge is 0.154 e. The van der Waals surface area contributed by atoms with Crippen molar-refractivity contribution in [3.63, 3.8) is 0 Å². The molecule has 1 aromatic heterocycles. The summed E-state index contributed by atoms with van der Waals surface area (Å²) in [4.78, 5) is 9.03. The molecule has 1 aliphatic carbocycles. The molecule has 1 heterocycles. The Kier molecular flexibility index (Phi) is 5.08. The van der Waals surface area contributed by atoms with Crippen LogP contribution in [0.15, 0.2) is 6.20 Å². The van der Waals surface area contributed by atoms with Crippen LogP contribution in [-0.2, 0) is 24.2 Å². The topological polar surface area (TPSA) is 47.0 Å². The van der Waals surface area contributed by atoms with Crippen LogP contribution in [0.3, 0.4) is 0 Å². The highest BCUT2D eigenvalue weighted by atomic mass is 16.5. The highest BCUT2D eigenvalue weighted by Crippen LogP contribution is 2.23. The van der Waals surface area contributed by atoms with E-state index in [9.17, 15) is 0 Å². The molecule has 1 unspecified atom stereocenters. The molecular weight excluding hydrogens is 226 g/mol. The van der Waals surface area contributed by atoms with Gasteiger partial charge in [-0.25, -0.2) is 9.97 Å².